The van der Waals surface area contributed by atoms with E-state index in [9.17, 15) is 4.79 Å². The highest BCUT2D eigenvalue weighted by Crippen LogP contribution is 2.20. The largest absolute Gasteiger partial charge is 0.465 e. The number of methoxy groups -OCH3 is 1. The molecule has 76 valence electrons. The molecule has 1 heterocycles. The Balaban J connectivity index is 2.39. The van der Waals surface area contributed by atoms with Gasteiger partial charge in [-0.3, -0.25) is 0 Å². The number of benzene rings is 1. The highest BCUT2D eigenvalue weighted by atomic mass is 32.1. The number of carbonyl (C=O) groups excluding carboxylic acids is 1. The lowest BCUT2D eigenvalue weighted by molar-refractivity contribution is 0.0601. The van der Waals surface area contributed by atoms with Crippen molar-refractivity contribution in [3.8, 4) is 11.3 Å². The average molecular weight is 219 g/mol. The zero-order valence-electron chi connectivity index (χ0n) is 8.14. The van der Waals surface area contributed by atoms with Crippen molar-refractivity contribution in [2.24, 2.45) is 0 Å². The summed E-state index contributed by atoms with van der Waals surface area (Å²) in [5.41, 5.74) is 4.12. The Kier molecular flexibility index (Phi) is 2.78. The Hall–Kier alpha value is -1.68. The van der Waals surface area contributed by atoms with Gasteiger partial charge in [0.15, 0.2) is 0 Å². The van der Waals surface area contributed by atoms with Gasteiger partial charge in [-0.05, 0) is 12.1 Å². The summed E-state index contributed by atoms with van der Waals surface area (Å²) in [5, 5.41) is 1.94. The monoisotopic (exact) mass is 219 g/mol. The number of ether oxygens (including phenoxy) is 1. The minimum absolute atomic E-state index is 0.327. The van der Waals surface area contributed by atoms with Crippen molar-refractivity contribution >= 4 is 17.3 Å². The summed E-state index contributed by atoms with van der Waals surface area (Å²) in [7, 11) is 1.37. The van der Waals surface area contributed by atoms with Crippen molar-refractivity contribution in [3.63, 3.8) is 0 Å². The highest BCUT2D eigenvalue weighted by molar-refractivity contribution is 7.07. The molecule has 1 aromatic heterocycles. The van der Waals surface area contributed by atoms with Gasteiger partial charge in [-0.2, -0.15) is 0 Å². The molecule has 0 atom stereocenters. The molecule has 0 unspecified atom stereocenters. The topological polar surface area (TPSA) is 39.2 Å². The van der Waals surface area contributed by atoms with Crippen molar-refractivity contribution in [2.75, 3.05) is 7.11 Å². The minimum atomic E-state index is -0.327. The van der Waals surface area contributed by atoms with Gasteiger partial charge >= 0.3 is 5.97 Å². The van der Waals surface area contributed by atoms with E-state index in [4.69, 9.17) is 0 Å². The Morgan fingerprint density at radius 1 is 1.47 bits per heavy atom. The van der Waals surface area contributed by atoms with E-state index < -0.39 is 0 Å². The summed E-state index contributed by atoms with van der Waals surface area (Å²) in [6, 6.07) is 7.24. The number of thiazole rings is 1. The van der Waals surface area contributed by atoms with Crippen molar-refractivity contribution in [2.45, 2.75) is 0 Å². The van der Waals surface area contributed by atoms with E-state index in [1.54, 1.807) is 17.6 Å². The first-order valence-electron chi connectivity index (χ1n) is 4.38. The molecule has 2 rings (SSSR count). The van der Waals surface area contributed by atoms with Gasteiger partial charge in [-0.1, -0.05) is 12.1 Å². The van der Waals surface area contributed by atoms with Gasteiger partial charge in [0.05, 0.1) is 23.9 Å². The number of aromatic nitrogens is 1. The van der Waals surface area contributed by atoms with Crippen molar-refractivity contribution < 1.29 is 9.53 Å². The maximum Gasteiger partial charge on any atom is 0.337 e. The van der Waals surface area contributed by atoms with Crippen LogP contribution in [0.1, 0.15) is 10.4 Å². The normalized spacial score (nSPS) is 9.93. The molecule has 0 spiro atoms. The van der Waals surface area contributed by atoms with Gasteiger partial charge in [0.2, 0.25) is 0 Å². The second-order valence-electron chi connectivity index (χ2n) is 2.95. The third kappa shape index (κ3) is 2.05. The maximum absolute atomic E-state index is 11.3. The zero-order chi connectivity index (χ0) is 10.7. The smallest absolute Gasteiger partial charge is 0.337 e. The molecule has 3 nitrogen and oxygen atoms in total. The van der Waals surface area contributed by atoms with Crippen LogP contribution in [0.2, 0.25) is 0 Å². The van der Waals surface area contributed by atoms with Gasteiger partial charge < -0.3 is 4.74 Å². The van der Waals surface area contributed by atoms with Crippen molar-refractivity contribution in [1.82, 2.24) is 4.98 Å². The van der Waals surface area contributed by atoms with Crippen molar-refractivity contribution in [3.05, 3.63) is 40.7 Å². The summed E-state index contributed by atoms with van der Waals surface area (Å²) >= 11 is 1.53. The highest BCUT2D eigenvalue weighted by Gasteiger charge is 2.07. The number of rotatable bonds is 2. The lowest BCUT2D eigenvalue weighted by Gasteiger charge is -2.01. The van der Waals surface area contributed by atoms with E-state index in [-0.39, 0.29) is 5.97 Å². The van der Waals surface area contributed by atoms with Crippen molar-refractivity contribution in [1.29, 1.82) is 0 Å². The van der Waals surface area contributed by atoms with Crippen LogP contribution in [-0.2, 0) is 4.74 Å². The first-order valence-corrected chi connectivity index (χ1v) is 5.32. The third-order valence-electron chi connectivity index (χ3n) is 2.01. The van der Waals surface area contributed by atoms with Gasteiger partial charge in [-0.15, -0.1) is 11.3 Å². The van der Waals surface area contributed by atoms with Crippen LogP contribution in [0, 0.1) is 0 Å². The van der Waals surface area contributed by atoms with Gasteiger partial charge in [0.25, 0.3) is 0 Å². The van der Waals surface area contributed by atoms with Gasteiger partial charge in [-0.25, -0.2) is 9.78 Å². The molecular formula is C11H9NO2S. The number of carbonyl (C=O) groups is 1. The first-order chi connectivity index (χ1) is 7.31. The van der Waals surface area contributed by atoms with E-state index in [1.165, 1.54) is 18.4 Å². The predicted octanol–water partition coefficient (Wildman–Crippen LogP) is 2.60. The summed E-state index contributed by atoms with van der Waals surface area (Å²) < 4.78 is 4.65. The van der Waals surface area contributed by atoms with Crippen LogP contribution in [0.25, 0.3) is 11.3 Å². The average Bonchev–Trinajstić information content (AvgIpc) is 2.82. The number of hydrogen-bond donors (Lipinski definition) is 0. The van der Waals surface area contributed by atoms with Crippen LogP contribution in [-0.4, -0.2) is 18.1 Å². The molecule has 0 aliphatic heterocycles. The zero-order valence-corrected chi connectivity index (χ0v) is 8.95. The molecule has 4 heteroatoms. The fraction of sp³-hybridized carbons (Fsp3) is 0.0909. The minimum Gasteiger partial charge on any atom is -0.465 e. The summed E-state index contributed by atoms with van der Waals surface area (Å²) in [4.78, 5) is 15.5. The number of esters is 1. The Morgan fingerprint density at radius 3 is 3.00 bits per heavy atom. The lowest BCUT2D eigenvalue weighted by Crippen LogP contribution is -2.00. The molecule has 2 aromatic rings. The molecular weight excluding hydrogens is 210 g/mol. The van der Waals surface area contributed by atoms with Gasteiger partial charge in [0, 0.05) is 10.9 Å². The van der Waals surface area contributed by atoms with Crippen LogP contribution >= 0.6 is 11.3 Å². The van der Waals surface area contributed by atoms with E-state index >= 15 is 0 Å². The maximum atomic E-state index is 11.3. The number of hydrogen-bond acceptors (Lipinski definition) is 4. The fourth-order valence-corrected chi connectivity index (χ4v) is 1.84. The van der Waals surface area contributed by atoms with E-state index in [0.29, 0.717) is 5.56 Å². The molecule has 0 N–H and O–H groups in total. The van der Waals surface area contributed by atoms with Crippen LogP contribution < -0.4 is 0 Å². The summed E-state index contributed by atoms with van der Waals surface area (Å²) in [5.74, 6) is -0.327. The molecule has 0 aliphatic rings. The molecule has 0 saturated carbocycles. The summed E-state index contributed by atoms with van der Waals surface area (Å²) in [6.07, 6.45) is 0. The van der Waals surface area contributed by atoms with E-state index in [0.717, 1.165) is 11.3 Å². The molecule has 0 radical (unpaired) electrons. The van der Waals surface area contributed by atoms with Crippen LogP contribution in [0.4, 0.5) is 0 Å². The molecule has 0 aliphatic carbocycles. The Morgan fingerprint density at radius 2 is 2.33 bits per heavy atom. The standard InChI is InChI=1S/C11H9NO2S/c1-14-11(13)9-4-2-3-8(5-9)10-6-15-7-12-10/h2-7H,1H3. The SMILES string of the molecule is COC(=O)c1cccc(-c2cscn2)c1. The second-order valence-corrected chi connectivity index (χ2v) is 3.66. The molecule has 0 bridgehead atoms. The fourth-order valence-electron chi connectivity index (χ4n) is 1.28. The molecule has 15 heavy (non-hydrogen) atoms. The van der Waals surface area contributed by atoms with Crippen LogP contribution in [0.3, 0.4) is 0 Å². The number of nitrogens with zero attached hydrogens (tertiary/aromatic N) is 1. The Bertz CT molecular complexity index is 465. The molecule has 1 aromatic carbocycles. The van der Waals surface area contributed by atoms with Crippen LogP contribution in [0.5, 0.6) is 0 Å². The molecule has 0 saturated heterocycles. The van der Waals surface area contributed by atoms with E-state index in [2.05, 4.69) is 9.72 Å². The summed E-state index contributed by atoms with van der Waals surface area (Å²) in [6.45, 7) is 0. The molecule has 0 amide bonds. The molecule has 0 fully saturated rings. The third-order valence-corrected chi connectivity index (χ3v) is 2.60. The second kappa shape index (κ2) is 4.23. The van der Waals surface area contributed by atoms with Crippen LogP contribution in [0.15, 0.2) is 35.2 Å². The Labute approximate surface area is 91.4 Å². The quantitative estimate of drug-likeness (QED) is 0.729. The van der Waals surface area contributed by atoms with E-state index in [1.807, 2.05) is 17.5 Å². The van der Waals surface area contributed by atoms with Gasteiger partial charge in [0.1, 0.15) is 0 Å². The first kappa shape index (κ1) is 9.86. The lowest BCUT2D eigenvalue weighted by atomic mass is 10.1. The predicted molar refractivity (Wildman–Crippen MR) is 58.9 cm³/mol.